The zero-order valence-corrected chi connectivity index (χ0v) is 6.85. The van der Waals surface area contributed by atoms with Gasteiger partial charge >= 0.3 is 0 Å². The van der Waals surface area contributed by atoms with Gasteiger partial charge in [0.15, 0.2) is 0 Å². The van der Waals surface area contributed by atoms with E-state index < -0.39 is 9.84 Å². The van der Waals surface area contributed by atoms with Crippen LogP contribution < -0.4 is 11.1 Å². The Labute approximate surface area is 64.9 Å². The topological polar surface area (TPSA) is 84.5 Å². The van der Waals surface area contributed by atoms with E-state index in [9.17, 15) is 8.42 Å². The zero-order chi connectivity index (χ0) is 8.48. The average Bonchev–Trinajstić information content (AvgIpc) is 2.08. The van der Waals surface area contributed by atoms with Crippen LogP contribution in [0.3, 0.4) is 0 Å². The largest absolute Gasteiger partial charge is 0.374 e. The Morgan fingerprint density at radius 2 is 2.36 bits per heavy atom. The monoisotopic (exact) mass is 175 g/mol. The Bertz CT molecular complexity index is 315. The summed E-state index contributed by atoms with van der Waals surface area (Å²) in [6, 6.07) is 0. The van der Waals surface area contributed by atoms with Crippen LogP contribution in [0.4, 0.5) is 0 Å². The second-order valence-corrected chi connectivity index (χ2v) is 3.88. The Balaban J connectivity index is 2.92. The molecular weight excluding hydrogens is 166 g/mol. The van der Waals surface area contributed by atoms with Crippen molar-refractivity contribution in [2.45, 2.75) is 0 Å². The van der Waals surface area contributed by atoms with Gasteiger partial charge in [-0.05, 0) is 7.05 Å². The summed E-state index contributed by atoms with van der Waals surface area (Å²) in [6.45, 7) is 0.417. The highest BCUT2D eigenvalue weighted by atomic mass is 32.2. The van der Waals surface area contributed by atoms with Gasteiger partial charge in [0.2, 0.25) is 15.0 Å². The van der Waals surface area contributed by atoms with E-state index in [1.165, 1.54) is 0 Å². The maximum atomic E-state index is 10.9. The van der Waals surface area contributed by atoms with Gasteiger partial charge in [-0.3, -0.25) is 0 Å². The first kappa shape index (κ1) is 8.22. The molecule has 0 aromatic rings. The van der Waals surface area contributed by atoms with E-state index in [1.807, 2.05) is 0 Å². The molecule has 0 aromatic carbocycles. The van der Waals surface area contributed by atoms with Gasteiger partial charge in [-0.1, -0.05) is 0 Å². The zero-order valence-electron chi connectivity index (χ0n) is 6.03. The minimum Gasteiger partial charge on any atom is -0.374 e. The molecular formula is C5H9N3O2S. The van der Waals surface area contributed by atoms with Gasteiger partial charge in [0.05, 0.1) is 11.1 Å². The SMILES string of the molecule is CNCC1=CS(=O)(=O)C(N)=N1. The van der Waals surface area contributed by atoms with Crippen LogP contribution in [0, 0.1) is 0 Å². The fourth-order valence-corrected chi connectivity index (χ4v) is 1.59. The van der Waals surface area contributed by atoms with Crippen LogP contribution >= 0.6 is 0 Å². The molecule has 0 saturated heterocycles. The molecule has 0 aromatic heterocycles. The molecule has 1 heterocycles. The van der Waals surface area contributed by atoms with Crippen molar-refractivity contribution >= 4 is 15.0 Å². The lowest BCUT2D eigenvalue weighted by molar-refractivity contribution is 0.615. The number of amidine groups is 1. The van der Waals surface area contributed by atoms with E-state index in [1.54, 1.807) is 7.05 Å². The number of hydrogen-bond acceptors (Lipinski definition) is 5. The van der Waals surface area contributed by atoms with E-state index >= 15 is 0 Å². The van der Waals surface area contributed by atoms with Crippen molar-refractivity contribution in [1.82, 2.24) is 5.32 Å². The minimum absolute atomic E-state index is 0.317. The molecule has 11 heavy (non-hydrogen) atoms. The number of nitrogens with zero attached hydrogens (tertiary/aromatic N) is 1. The molecule has 6 heteroatoms. The van der Waals surface area contributed by atoms with Crippen molar-refractivity contribution in [3.05, 3.63) is 11.1 Å². The second kappa shape index (κ2) is 2.63. The number of nitrogens with one attached hydrogen (secondary N) is 1. The molecule has 1 aliphatic rings. The minimum atomic E-state index is -3.37. The molecule has 5 nitrogen and oxygen atoms in total. The van der Waals surface area contributed by atoms with Crippen molar-refractivity contribution in [1.29, 1.82) is 0 Å². The summed E-state index contributed by atoms with van der Waals surface area (Å²) in [5.74, 6) is 0. The van der Waals surface area contributed by atoms with E-state index in [-0.39, 0.29) is 5.17 Å². The predicted octanol–water partition coefficient (Wildman–Crippen LogP) is -1.21. The summed E-state index contributed by atoms with van der Waals surface area (Å²) in [4.78, 5) is 3.64. The van der Waals surface area contributed by atoms with Gasteiger partial charge in [-0.15, -0.1) is 0 Å². The number of rotatable bonds is 2. The van der Waals surface area contributed by atoms with Gasteiger partial charge < -0.3 is 11.1 Å². The van der Waals surface area contributed by atoms with Crippen LogP contribution in [0.25, 0.3) is 0 Å². The Kier molecular flexibility index (Phi) is 1.97. The highest BCUT2D eigenvalue weighted by molar-refractivity contribution is 8.09. The number of likely N-dealkylation sites (N-methyl/N-ethyl adjacent to an activating group) is 1. The van der Waals surface area contributed by atoms with Crippen molar-refractivity contribution in [3.63, 3.8) is 0 Å². The van der Waals surface area contributed by atoms with Gasteiger partial charge in [0.25, 0.3) is 0 Å². The quantitative estimate of drug-likeness (QED) is 0.551. The first-order chi connectivity index (χ1) is 5.06. The number of sulfone groups is 1. The van der Waals surface area contributed by atoms with Gasteiger partial charge in [0, 0.05) is 6.54 Å². The smallest absolute Gasteiger partial charge is 0.234 e. The fraction of sp³-hybridized carbons (Fsp3) is 0.400. The lowest BCUT2D eigenvalue weighted by Gasteiger charge is -1.91. The number of aliphatic imine (C=N–C) groups is 1. The van der Waals surface area contributed by atoms with Crippen molar-refractivity contribution in [3.8, 4) is 0 Å². The molecule has 0 amide bonds. The molecule has 0 unspecified atom stereocenters. The Morgan fingerprint density at radius 1 is 1.73 bits per heavy atom. The van der Waals surface area contributed by atoms with Crippen molar-refractivity contribution in [2.75, 3.05) is 13.6 Å². The highest BCUT2D eigenvalue weighted by Gasteiger charge is 2.20. The Morgan fingerprint density at radius 3 is 2.73 bits per heavy atom. The van der Waals surface area contributed by atoms with Gasteiger partial charge in [0.1, 0.15) is 0 Å². The fourth-order valence-electron chi connectivity index (χ4n) is 0.733. The summed E-state index contributed by atoms with van der Waals surface area (Å²) >= 11 is 0. The molecule has 0 radical (unpaired) electrons. The van der Waals surface area contributed by atoms with E-state index in [2.05, 4.69) is 10.3 Å². The van der Waals surface area contributed by atoms with E-state index in [0.717, 1.165) is 5.41 Å². The maximum Gasteiger partial charge on any atom is 0.234 e. The van der Waals surface area contributed by atoms with Crippen molar-refractivity contribution < 1.29 is 8.42 Å². The standard InChI is InChI=1S/C5H9N3O2S/c1-7-2-4-3-11(9,10)5(6)8-4/h3,7H,2H2,1H3,(H2,6,8). The van der Waals surface area contributed by atoms with Crippen LogP contribution in [-0.4, -0.2) is 27.2 Å². The molecule has 1 aliphatic heterocycles. The summed E-state index contributed by atoms with van der Waals surface area (Å²) in [7, 11) is -1.66. The highest BCUT2D eigenvalue weighted by Crippen LogP contribution is 2.10. The van der Waals surface area contributed by atoms with E-state index in [4.69, 9.17) is 5.73 Å². The van der Waals surface area contributed by atoms with Crippen LogP contribution in [0.2, 0.25) is 0 Å². The average molecular weight is 175 g/mol. The van der Waals surface area contributed by atoms with Gasteiger partial charge in [-0.2, -0.15) is 0 Å². The third-order valence-electron chi connectivity index (χ3n) is 1.19. The second-order valence-electron chi connectivity index (χ2n) is 2.13. The molecule has 0 atom stereocenters. The first-order valence-electron chi connectivity index (χ1n) is 3.00. The summed E-state index contributed by atoms with van der Waals surface area (Å²) in [6.07, 6.45) is 0. The molecule has 0 saturated carbocycles. The van der Waals surface area contributed by atoms with Crippen LogP contribution in [0.1, 0.15) is 0 Å². The maximum absolute atomic E-state index is 10.9. The molecule has 3 N–H and O–H groups in total. The van der Waals surface area contributed by atoms with E-state index in [0.29, 0.717) is 12.2 Å². The summed E-state index contributed by atoms with van der Waals surface area (Å²) in [5.41, 5.74) is 5.56. The third-order valence-corrected chi connectivity index (χ3v) is 2.45. The van der Waals surface area contributed by atoms with Gasteiger partial charge in [-0.25, -0.2) is 13.4 Å². The van der Waals surface area contributed by atoms with Crippen LogP contribution in [-0.2, 0) is 9.84 Å². The Hall–Kier alpha value is -0.880. The third kappa shape index (κ3) is 1.58. The predicted molar refractivity (Wildman–Crippen MR) is 42.6 cm³/mol. The molecule has 62 valence electrons. The normalized spacial score (nSPS) is 21.2. The number of hydrogen-bond donors (Lipinski definition) is 2. The number of nitrogens with two attached hydrogens (primary N) is 1. The first-order valence-corrected chi connectivity index (χ1v) is 4.55. The molecule has 0 spiro atoms. The van der Waals surface area contributed by atoms with Crippen LogP contribution in [0.15, 0.2) is 16.1 Å². The summed E-state index contributed by atoms with van der Waals surface area (Å²) in [5, 5.41) is 3.52. The summed E-state index contributed by atoms with van der Waals surface area (Å²) < 4.78 is 21.8. The lowest BCUT2D eigenvalue weighted by Crippen LogP contribution is -2.18. The molecule has 0 bridgehead atoms. The van der Waals surface area contributed by atoms with Crippen molar-refractivity contribution in [2.24, 2.45) is 10.7 Å². The molecule has 0 fully saturated rings. The lowest BCUT2D eigenvalue weighted by atomic mass is 10.5. The molecule has 0 aliphatic carbocycles. The van der Waals surface area contributed by atoms with Crippen LogP contribution in [0.5, 0.6) is 0 Å². The molecule has 1 rings (SSSR count).